The Morgan fingerprint density at radius 3 is 2.70 bits per heavy atom. The SMILES string of the molecule is CC1CCC(CCNC2CCCc3ccccc32)CC1. The monoisotopic (exact) mass is 271 g/mol. The molecule has 1 nitrogen and oxygen atoms in total. The third-order valence-electron chi connectivity index (χ3n) is 5.45. The summed E-state index contributed by atoms with van der Waals surface area (Å²) in [6, 6.07) is 9.63. The molecular weight excluding hydrogens is 242 g/mol. The molecule has 1 fully saturated rings. The summed E-state index contributed by atoms with van der Waals surface area (Å²) in [6.45, 7) is 3.62. The molecule has 1 N–H and O–H groups in total. The van der Waals surface area contributed by atoms with Gasteiger partial charge in [-0.15, -0.1) is 0 Å². The first-order valence-corrected chi connectivity index (χ1v) is 8.64. The van der Waals surface area contributed by atoms with Gasteiger partial charge in [0.15, 0.2) is 0 Å². The second kappa shape index (κ2) is 6.76. The topological polar surface area (TPSA) is 12.0 Å². The van der Waals surface area contributed by atoms with Crippen LogP contribution in [-0.4, -0.2) is 6.54 Å². The van der Waals surface area contributed by atoms with Crippen molar-refractivity contribution in [2.75, 3.05) is 6.54 Å². The van der Waals surface area contributed by atoms with Crippen molar-refractivity contribution < 1.29 is 0 Å². The Morgan fingerprint density at radius 1 is 1.05 bits per heavy atom. The summed E-state index contributed by atoms with van der Waals surface area (Å²) in [7, 11) is 0. The number of hydrogen-bond acceptors (Lipinski definition) is 1. The molecule has 1 aromatic rings. The number of benzene rings is 1. The molecule has 3 rings (SSSR count). The van der Waals surface area contributed by atoms with Crippen molar-refractivity contribution in [2.24, 2.45) is 11.8 Å². The van der Waals surface area contributed by atoms with E-state index in [2.05, 4.69) is 36.5 Å². The Hall–Kier alpha value is -0.820. The lowest BCUT2D eigenvalue weighted by atomic mass is 9.81. The number of aryl methyl sites for hydroxylation is 1. The van der Waals surface area contributed by atoms with E-state index in [0.29, 0.717) is 6.04 Å². The van der Waals surface area contributed by atoms with Gasteiger partial charge in [-0.3, -0.25) is 0 Å². The fourth-order valence-electron chi connectivity index (χ4n) is 4.05. The van der Waals surface area contributed by atoms with Crippen LogP contribution in [0.15, 0.2) is 24.3 Å². The van der Waals surface area contributed by atoms with E-state index in [1.54, 1.807) is 11.1 Å². The zero-order chi connectivity index (χ0) is 13.8. The minimum atomic E-state index is 0.613. The molecule has 2 aliphatic carbocycles. The zero-order valence-corrected chi connectivity index (χ0v) is 12.9. The molecule has 0 saturated heterocycles. The highest BCUT2D eigenvalue weighted by Gasteiger charge is 2.21. The molecule has 1 heteroatoms. The number of fused-ring (bicyclic) bond motifs is 1. The fourth-order valence-corrected chi connectivity index (χ4v) is 4.05. The average molecular weight is 271 g/mol. The molecule has 0 spiro atoms. The Kier molecular flexibility index (Phi) is 4.77. The third kappa shape index (κ3) is 3.44. The molecule has 0 bridgehead atoms. The van der Waals surface area contributed by atoms with E-state index in [1.165, 1.54) is 57.9 Å². The Balaban J connectivity index is 1.47. The first kappa shape index (κ1) is 14.1. The zero-order valence-electron chi connectivity index (χ0n) is 12.9. The summed E-state index contributed by atoms with van der Waals surface area (Å²) in [4.78, 5) is 0. The molecule has 0 heterocycles. The Morgan fingerprint density at radius 2 is 1.85 bits per heavy atom. The molecule has 0 aromatic heterocycles. The van der Waals surface area contributed by atoms with Crippen LogP contribution in [-0.2, 0) is 6.42 Å². The van der Waals surface area contributed by atoms with Crippen LogP contribution in [0.1, 0.15) is 69.0 Å². The van der Waals surface area contributed by atoms with E-state index in [9.17, 15) is 0 Å². The maximum Gasteiger partial charge on any atom is 0.0323 e. The molecule has 1 atom stereocenters. The molecule has 1 unspecified atom stereocenters. The van der Waals surface area contributed by atoms with Crippen molar-refractivity contribution in [2.45, 2.75) is 64.3 Å². The predicted molar refractivity (Wildman–Crippen MR) is 85.9 cm³/mol. The average Bonchev–Trinajstić information content (AvgIpc) is 2.49. The van der Waals surface area contributed by atoms with Crippen LogP contribution in [0.25, 0.3) is 0 Å². The van der Waals surface area contributed by atoms with Gasteiger partial charge >= 0.3 is 0 Å². The minimum Gasteiger partial charge on any atom is -0.310 e. The third-order valence-corrected chi connectivity index (χ3v) is 5.45. The number of rotatable bonds is 4. The Bertz CT molecular complexity index is 418. The predicted octanol–water partition coefficient (Wildman–Crippen LogP) is 4.87. The summed E-state index contributed by atoms with van der Waals surface area (Å²) in [5, 5.41) is 3.84. The standard InChI is InChI=1S/C19H29N/c1-15-9-11-16(12-10-15)13-14-20-19-8-4-6-17-5-2-3-7-18(17)19/h2-3,5,7,15-16,19-20H,4,6,8-14H2,1H3. The molecular formula is C19H29N. The summed E-state index contributed by atoms with van der Waals surface area (Å²) in [6.07, 6.45) is 11.1. The highest BCUT2D eigenvalue weighted by Crippen LogP contribution is 2.32. The van der Waals surface area contributed by atoms with Crippen molar-refractivity contribution in [3.8, 4) is 0 Å². The first-order valence-electron chi connectivity index (χ1n) is 8.64. The van der Waals surface area contributed by atoms with Gasteiger partial charge in [-0.1, -0.05) is 56.9 Å². The van der Waals surface area contributed by atoms with Gasteiger partial charge in [0.1, 0.15) is 0 Å². The van der Waals surface area contributed by atoms with Gasteiger partial charge < -0.3 is 5.32 Å². The summed E-state index contributed by atoms with van der Waals surface area (Å²) >= 11 is 0. The molecule has 0 amide bonds. The second-order valence-electron chi connectivity index (χ2n) is 7.01. The van der Waals surface area contributed by atoms with E-state index in [-0.39, 0.29) is 0 Å². The van der Waals surface area contributed by atoms with Crippen molar-refractivity contribution in [1.29, 1.82) is 0 Å². The molecule has 1 aromatic carbocycles. The molecule has 1 saturated carbocycles. The maximum absolute atomic E-state index is 3.84. The van der Waals surface area contributed by atoms with E-state index in [4.69, 9.17) is 0 Å². The van der Waals surface area contributed by atoms with Crippen LogP contribution in [0.2, 0.25) is 0 Å². The fraction of sp³-hybridized carbons (Fsp3) is 0.684. The van der Waals surface area contributed by atoms with Crippen molar-refractivity contribution in [1.82, 2.24) is 5.32 Å². The van der Waals surface area contributed by atoms with E-state index >= 15 is 0 Å². The van der Waals surface area contributed by atoms with E-state index < -0.39 is 0 Å². The lowest BCUT2D eigenvalue weighted by molar-refractivity contribution is 0.271. The molecule has 0 radical (unpaired) electrons. The van der Waals surface area contributed by atoms with Crippen LogP contribution in [0.3, 0.4) is 0 Å². The number of hydrogen-bond donors (Lipinski definition) is 1. The quantitative estimate of drug-likeness (QED) is 0.823. The van der Waals surface area contributed by atoms with Crippen LogP contribution < -0.4 is 5.32 Å². The normalized spacial score (nSPS) is 29.9. The summed E-state index contributed by atoms with van der Waals surface area (Å²) in [5.74, 6) is 1.96. The van der Waals surface area contributed by atoms with Gasteiger partial charge in [-0.05, 0) is 55.2 Å². The Labute approximate surface area is 124 Å². The van der Waals surface area contributed by atoms with E-state index in [0.717, 1.165) is 11.8 Å². The number of nitrogens with one attached hydrogen (secondary N) is 1. The largest absolute Gasteiger partial charge is 0.310 e. The van der Waals surface area contributed by atoms with Gasteiger partial charge in [-0.25, -0.2) is 0 Å². The smallest absolute Gasteiger partial charge is 0.0323 e. The van der Waals surface area contributed by atoms with Crippen molar-refractivity contribution in [3.05, 3.63) is 35.4 Å². The van der Waals surface area contributed by atoms with Crippen LogP contribution in [0.5, 0.6) is 0 Å². The molecule has 110 valence electrons. The second-order valence-corrected chi connectivity index (χ2v) is 7.01. The highest BCUT2D eigenvalue weighted by molar-refractivity contribution is 5.32. The molecule has 0 aliphatic heterocycles. The van der Waals surface area contributed by atoms with Gasteiger partial charge in [-0.2, -0.15) is 0 Å². The van der Waals surface area contributed by atoms with Gasteiger partial charge in [0.2, 0.25) is 0 Å². The minimum absolute atomic E-state index is 0.613. The van der Waals surface area contributed by atoms with Crippen LogP contribution in [0.4, 0.5) is 0 Å². The first-order chi connectivity index (χ1) is 9.83. The highest BCUT2D eigenvalue weighted by atomic mass is 14.9. The van der Waals surface area contributed by atoms with Crippen molar-refractivity contribution in [3.63, 3.8) is 0 Å². The summed E-state index contributed by atoms with van der Waals surface area (Å²) < 4.78 is 0. The molecule has 2 aliphatic rings. The lowest BCUT2D eigenvalue weighted by Crippen LogP contribution is -2.27. The van der Waals surface area contributed by atoms with Crippen LogP contribution >= 0.6 is 0 Å². The lowest BCUT2D eigenvalue weighted by Gasteiger charge is -2.29. The summed E-state index contributed by atoms with van der Waals surface area (Å²) in [5.41, 5.74) is 3.14. The maximum atomic E-state index is 3.84. The van der Waals surface area contributed by atoms with Crippen LogP contribution in [0, 0.1) is 11.8 Å². The molecule has 20 heavy (non-hydrogen) atoms. The van der Waals surface area contributed by atoms with Gasteiger partial charge in [0, 0.05) is 6.04 Å². The van der Waals surface area contributed by atoms with Gasteiger partial charge in [0.05, 0.1) is 0 Å². The van der Waals surface area contributed by atoms with Gasteiger partial charge in [0.25, 0.3) is 0 Å². The van der Waals surface area contributed by atoms with Crippen molar-refractivity contribution >= 4 is 0 Å². The van der Waals surface area contributed by atoms with E-state index in [1.807, 2.05) is 0 Å².